The third kappa shape index (κ3) is 2.84. The van der Waals surface area contributed by atoms with Crippen LogP contribution in [-0.2, 0) is 11.2 Å². The molecule has 2 rings (SSSR count). The predicted octanol–water partition coefficient (Wildman–Crippen LogP) is 1.14. The van der Waals surface area contributed by atoms with Gasteiger partial charge in [-0.05, 0) is 30.9 Å². The number of fused-ring (bicyclic) bond motifs is 1. The van der Waals surface area contributed by atoms with Crippen molar-refractivity contribution < 1.29 is 14.3 Å². The molecule has 0 spiro atoms. The molecule has 0 radical (unpaired) electrons. The molecule has 0 aliphatic heterocycles. The van der Waals surface area contributed by atoms with E-state index in [1.807, 2.05) is 13.0 Å². The van der Waals surface area contributed by atoms with Crippen molar-refractivity contribution >= 4 is 17.2 Å². The number of aryl methyl sites for hydroxylation is 1. The monoisotopic (exact) mass is 290 g/mol. The molecule has 0 aliphatic rings. The molecule has 2 N–H and O–H groups in total. The number of aromatic amines is 1. The van der Waals surface area contributed by atoms with Gasteiger partial charge in [-0.1, -0.05) is 0 Å². The molecule has 6 heteroatoms. The fourth-order valence-corrected chi connectivity index (χ4v) is 2.38. The molecular formula is C15H18N2O4. The molecule has 1 aromatic carbocycles. The van der Waals surface area contributed by atoms with E-state index in [0.29, 0.717) is 36.4 Å². The summed E-state index contributed by atoms with van der Waals surface area (Å²) in [6.45, 7) is 2.24. The lowest BCUT2D eigenvalue weighted by atomic mass is 10.0. The predicted molar refractivity (Wildman–Crippen MR) is 80.2 cm³/mol. The normalized spacial score (nSPS) is 10.4. The number of carbonyl (C=O) groups excluding carboxylic acids is 1. The zero-order valence-corrected chi connectivity index (χ0v) is 12.3. The Hall–Kier alpha value is -2.50. The second-order valence-electron chi connectivity index (χ2n) is 4.63. The lowest BCUT2D eigenvalue weighted by molar-refractivity contribution is -0.109. The number of pyridine rings is 1. The Morgan fingerprint density at radius 2 is 1.81 bits per heavy atom. The van der Waals surface area contributed by atoms with Crippen LogP contribution in [0.25, 0.3) is 10.8 Å². The van der Waals surface area contributed by atoms with Crippen LogP contribution in [-0.4, -0.2) is 32.2 Å². The van der Waals surface area contributed by atoms with Crippen LogP contribution in [0.15, 0.2) is 16.9 Å². The van der Waals surface area contributed by atoms with Gasteiger partial charge in [0.2, 0.25) is 6.41 Å². The lowest BCUT2D eigenvalue weighted by Crippen LogP contribution is -2.21. The van der Waals surface area contributed by atoms with E-state index in [1.54, 1.807) is 20.3 Å². The molecule has 2 aromatic rings. The molecule has 0 aliphatic carbocycles. The fourth-order valence-electron chi connectivity index (χ4n) is 2.38. The van der Waals surface area contributed by atoms with Crippen LogP contribution in [0, 0.1) is 6.92 Å². The van der Waals surface area contributed by atoms with Gasteiger partial charge in [-0.25, -0.2) is 0 Å². The van der Waals surface area contributed by atoms with Gasteiger partial charge in [0.25, 0.3) is 5.56 Å². The SMILES string of the molecule is COc1cc2c(C)[nH]c(=O)c(CCNC=O)c2cc1OC. The molecule has 112 valence electrons. The van der Waals surface area contributed by atoms with Crippen LogP contribution >= 0.6 is 0 Å². The van der Waals surface area contributed by atoms with Crippen LogP contribution in [0.1, 0.15) is 11.3 Å². The number of ether oxygens (including phenoxy) is 2. The van der Waals surface area contributed by atoms with E-state index in [0.717, 1.165) is 16.5 Å². The van der Waals surface area contributed by atoms with Crippen molar-refractivity contribution in [2.24, 2.45) is 0 Å². The first kappa shape index (κ1) is 14.9. The Bertz CT molecular complexity index is 722. The first-order valence-corrected chi connectivity index (χ1v) is 6.57. The van der Waals surface area contributed by atoms with E-state index in [9.17, 15) is 9.59 Å². The molecule has 1 aromatic heterocycles. The smallest absolute Gasteiger partial charge is 0.252 e. The van der Waals surface area contributed by atoms with E-state index >= 15 is 0 Å². The number of rotatable bonds is 6. The van der Waals surface area contributed by atoms with Gasteiger partial charge in [0.15, 0.2) is 11.5 Å². The molecule has 1 heterocycles. The highest BCUT2D eigenvalue weighted by Gasteiger charge is 2.13. The topological polar surface area (TPSA) is 80.4 Å². The molecule has 0 bridgehead atoms. The van der Waals surface area contributed by atoms with Crippen molar-refractivity contribution in [3.63, 3.8) is 0 Å². The highest BCUT2D eigenvalue weighted by atomic mass is 16.5. The van der Waals surface area contributed by atoms with Gasteiger partial charge in [0.05, 0.1) is 14.2 Å². The average Bonchev–Trinajstić information content (AvgIpc) is 2.49. The maximum Gasteiger partial charge on any atom is 0.252 e. The van der Waals surface area contributed by atoms with Crippen molar-refractivity contribution in [1.82, 2.24) is 10.3 Å². The molecule has 1 amide bonds. The summed E-state index contributed by atoms with van der Waals surface area (Å²) >= 11 is 0. The minimum Gasteiger partial charge on any atom is -0.493 e. The summed E-state index contributed by atoms with van der Waals surface area (Å²) in [5.41, 5.74) is 1.23. The van der Waals surface area contributed by atoms with Gasteiger partial charge < -0.3 is 19.8 Å². The largest absolute Gasteiger partial charge is 0.493 e. The molecule has 0 unspecified atom stereocenters. The highest BCUT2D eigenvalue weighted by Crippen LogP contribution is 2.33. The van der Waals surface area contributed by atoms with Crippen LogP contribution in [0.2, 0.25) is 0 Å². The second kappa shape index (κ2) is 6.30. The number of amides is 1. The highest BCUT2D eigenvalue weighted by molar-refractivity contribution is 5.90. The van der Waals surface area contributed by atoms with Crippen molar-refractivity contribution in [3.8, 4) is 11.5 Å². The number of hydrogen-bond donors (Lipinski definition) is 2. The quantitative estimate of drug-likeness (QED) is 0.617. The Labute approximate surface area is 122 Å². The van der Waals surface area contributed by atoms with E-state index in [-0.39, 0.29) is 5.56 Å². The number of hydrogen-bond acceptors (Lipinski definition) is 4. The molecule has 6 nitrogen and oxygen atoms in total. The fraction of sp³-hybridized carbons (Fsp3) is 0.333. The van der Waals surface area contributed by atoms with Crippen LogP contribution in [0.3, 0.4) is 0 Å². The van der Waals surface area contributed by atoms with Crippen molar-refractivity contribution in [2.75, 3.05) is 20.8 Å². The van der Waals surface area contributed by atoms with E-state index in [4.69, 9.17) is 9.47 Å². The minimum absolute atomic E-state index is 0.153. The van der Waals surface area contributed by atoms with E-state index in [1.165, 1.54) is 0 Å². The Balaban J connectivity index is 2.66. The molecule has 0 fully saturated rings. The summed E-state index contributed by atoms with van der Waals surface area (Å²) in [4.78, 5) is 25.3. The van der Waals surface area contributed by atoms with Gasteiger partial charge in [-0.3, -0.25) is 9.59 Å². The molecular weight excluding hydrogens is 272 g/mol. The van der Waals surface area contributed by atoms with Gasteiger partial charge in [0.1, 0.15) is 0 Å². The maximum atomic E-state index is 12.2. The van der Waals surface area contributed by atoms with Crippen LogP contribution in [0.4, 0.5) is 0 Å². The molecule has 0 saturated heterocycles. The Kier molecular flexibility index (Phi) is 4.47. The summed E-state index contributed by atoms with van der Waals surface area (Å²) in [5.74, 6) is 1.18. The number of aromatic nitrogens is 1. The van der Waals surface area contributed by atoms with Crippen molar-refractivity contribution in [3.05, 3.63) is 33.7 Å². The number of nitrogens with one attached hydrogen (secondary N) is 2. The standard InChI is InChI=1S/C15H18N2O4/c1-9-11-6-13(20-2)14(21-3)7-12(11)10(15(19)17-9)4-5-16-8-18/h6-8H,4-5H2,1-3H3,(H,16,18)(H,17,19). The summed E-state index contributed by atoms with van der Waals surface area (Å²) in [6, 6.07) is 3.64. The third-order valence-electron chi connectivity index (χ3n) is 3.43. The first-order valence-electron chi connectivity index (χ1n) is 6.57. The van der Waals surface area contributed by atoms with Crippen molar-refractivity contribution in [2.45, 2.75) is 13.3 Å². The number of carbonyl (C=O) groups is 1. The van der Waals surface area contributed by atoms with Gasteiger partial charge >= 0.3 is 0 Å². The Morgan fingerprint density at radius 3 is 2.38 bits per heavy atom. The Morgan fingerprint density at radius 1 is 1.19 bits per heavy atom. The van der Waals surface area contributed by atoms with Crippen LogP contribution in [0.5, 0.6) is 11.5 Å². The molecule has 0 atom stereocenters. The summed E-state index contributed by atoms with van der Waals surface area (Å²) in [7, 11) is 3.12. The van der Waals surface area contributed by atoms with Gasteiger partial charge in [0, 0.05) is 23.2 Å². The first-order chi connectivity index (χ1) is 10.1. The summed E-state index contributed by atoms with van der Waals surface area (Å²) < 4.78 is 10.6. The summed E-state index contributed by atoms with van der Waals surface area (Å²) in [6.07, 6.45) is 1.06. The number of benzene rings is 1. The third-order valence-corrected chi connectivity index (χ3v) is 3.43. The molecule has 0 saturated carbocycles. The van der Waals surface area contributed by atoms with E-state index < -0.39 is 0 Å². The number of methoxy groups -OCH3 is 2. The lowest BCUT2D eigenvalue weighted by Gasteiger charge is -2.13. The van der Waals surface area contributed by atoms with Crippen molar-refractivity contribution in [1.29, 1.82) is 0 Å². The molecule has 21 heavy (non-hydrogen) atoms. The summed E-state index contributed by atoms with van der Waals surface area (Å²) in [5, 5.41) is 4.27. The van der Waals surface area contributed by atoms with Gasteiger partial charge in [-0.15, -0.1) is 0 Å². The maximum absolute atomic E-state index is 12.2. The average molecular weight is 290 g/mol. The zero-order chi connectivity index (χ0) is 15.4. The number of H-pyrrole nitrogens is 1. The zero-order valence-electron chi connectivity index (χ0n) is 12.3. The van der Waals surface area contributed by atoms with Crippen LogP contribution < -0.4 is 20.3 Å². The second-order valence-corrected chi connectivity index (χ2v) is 4.63. The minimum atomic E-state index is -0.153. The van der Waals surface area contributed by atoms with Gasteiger partial charge in [-0.2, -0.15) is 0 Å². The van der Waals surface area contributed by atoms with E-state index in [2.05, 4.69) is 10.3 Å².